The van der Waals surface area contributed by atoms with Crippen LogP contribution in [0.25, 0.3) is 0 Å². The van der Waals surface area contributed by atoms with E-state index in [4.69, 9.17) is 0 Å². The van der Waals surface area contributed by atoms with Crippen molar-refractivity contribution in [3.8, 4) is 0 Å². The average molecular weight is 209 g/mol. The number of hydrogen-bond donors (Lipinski definition) is 1. The van der Waals surface area contributed by atoms with Crippen LogP contribution in [0.2, 0.25) is 0 Å². The lowest BCUT2D eigenvalue weighted by Gasteiger charge is -2.17. The normalized spacial score (nSPS) is 27.3. The van der Waals surface area contributed by atoms with Gasteiger partial charge in [-0.05, 0) is 24.6 Å². The molecule has 0 saturated heterocycles. The van der Waals surface area contributed by atoms with E-state index in [1.807, 2.05) is 19.2 Å². The molecular weight excluding hydrogens is 194 g/mol. The third kappa shape index (κ3) is 1.51. The molecule has 2 nitrogen and oxygen atoms in total. The first-order chi connectivity index (χ1) is 6.74. The van der Waals surface area contributed by atoms with E-state index < -0.39 is 10.8 Å². The number of nitrogens with one attached hydrogen (secondary N) is 1. The van der Waals surface area contributed by atoms with Crippen LogP contribution in [-0.2, 0) is 17.2 Å². The predicted molar refractivity (Wildman–Crippen MR) is 59.8 cm³/mol. The molecule has 0 radical (unpaired) electrons. The van der Waals surface area contributed by atoms with Gasteiger partial charge in [0.25, 0.3) is 0 Å². The Morgan fingerprint density at radius 1 is 1.43 bits per heavy atom. The zero-order valence-corrected chi connectivity index (χ0v) is 9.30. The highest BCUT2D eigenvalue weighted by atomic mass is 32.2. The van der Waals surface area contributed by atoms with E-state index in [2.05, 4.69) is 17.4 Å². The molecule has 0 bridgehead atoms. The second kappa shape index (κ2) is 3.83. The second-order valence-corrected chi connectivity index (χ2v) is 5.31. The Morgan fingerprint density at radius 3 is 2.79 bits per heavy atom. The predicted octanol–water partition coefficient (Wildman–Crippen LogP) is 1.25. The van der Waals surface area contributed by atoms with Gasteiger partial charge in [-0.25, -0.2) is 0 Å². The Balaban J connectivity index is 2.38. The molecule has 0 amide bonds. The van der Waals surface area contributed by atoms with Gasteiger partial charge in [-0.15, -0.1) is 0 Å². The lowest BCUT2D eigenvalue weighted by atomic mass is 10.1. The fourth-order valence-electron chi connectivity index (χ4n) is 2.21. The molecule has 3 atom stereocenters. The fourth-order valence-corrected chi connectivity index (χ4v) is 3.29. The van der Waals surface area contributed by atoms with Crippen molar-refractivity contribution in [3.05, 3.63) is 35.4 Å². The SMILES string of the molecule is CNC1c2ccccc2CC1S(C)=O. The Labute approximate surface area is 87.2 Å². The molecular formula is C11H15NOS. The van der Waals surface area contributed by atoms with Gasteiger partial charge in [0.05, 0.1) is 5.25 Å². The molecule has 14 heavy (non-hydrogen) atoms. The quantitative estimate of drug-likeness (QED) is 0.794. The number of benzene rings is 1. The van der Waals surface area contributed by atoms with Crippen LogP contribution < -0.4 is 5.32 Å². The topological polar surface area (TPSA) is 29.1 Å². The van der Waals surface area contributed by atoms with Crippen LogP contribution in [0.15, 0.2) is 24.3 Å². The zero-order valence-electron chi connectivity index (χ0n) is 8.49. The van der Waals surface area contributed by atoms with Crippen molar-refractivity contribution >= 4 is 10.8 Å². The molecule has 0 saturated carbocycles. The highest BCUT2D eigenvalue weighted by molar-refractivity contribution is 7.85. The summed E-state index contributed by atoms with van der Waals surface area (Å²) in [5.41, 5.74) is 2.65. The highest BCUT2D eigenvalue weighted by Gasteiger charge is 2.33. The van der Waals surface area contributed by atoms with Gasteiger partial charge < -0.3 is 5.32 Å². The molecule has 0 aliphatic heterocycles. The smallest absolute Gasteiger partial charge is 0.0580 e. The Hall–Kier alpha value is -0.670. The molecule has 0 spiro atoms. The van der Waals surface area contributed by atoms with E-state index in [1.54, 1.807) is 6.26 Å². The fraction of sp³-hybridized carbons (Fsp3) is 0.455. The molecule has 1 aliphatic carbocycles. The van der Waals surface area contributed by atoms with Gasteiger partial charge in [-0.2, -0.15) is 0 Å². The maximum absolute atomic E-state index is 11.6. The van der Waals surface area contributed by atoms with Gasteiger partial charge >= 0.3 is 0 Å². The lowest BCUT2D eigenvalue weighted by Crippen LogP contribution is -2.28. The highest BCUT2D eigenvalue weighted by Crippen LogP contribution is 2.33. The third-order valence-electron chi connectivity index (χ3n) is 2.92. The minimum absolute atomic E-state index is 0.234. The van der Waals surface area contributed by atoms with Crippen molar-refractivity contribution in [2.75, 3.05) is 13.3 Å². The zero-order chi connectivity index (χ0) is 10.1. The molecule has 76 valence electrons. The number of hydrogen-bond acceptors (Lipinski definition) is 2. The van der Waals surface area contributed by atoms with Gasteiger partial charge in [-0.3, -0.25) is 4.21 Å². The van der Waals surface area contributed by atoms with Gasteiger partial charge in [0, 0.05) is 23.1 Å². The van der Waals surface area contributed by atoms with E-state index in [-0.39, 0.29) is 11.3 Å². The monoisotopic (exact) mass is 209 g/mol. The van der Waals surface area contributed by atoms with Crippen LogP contribution in [0.3, 0.4) is 0 Å². The van der Waals surface area contributed by atoms with Crippen molar-refractivity contribution in [3.63, 3.8) is 0 Å². The largest absolute Gasteiger partial charge is 0.312 e. The summed E-state index contributed by atoms with van der Waals surface area (Å²) in [7, 11) is 1.18. The minimum Gasteiger partial charge on any atom is -0.312 e. The summed E-state index contributed by atoms with van der Waals surface area (Å²) < 4.78 is 11.6. The molecule has 3 heteroatoms. The van der Waals surface area contributed by atoms with E-state index in [1.165, 1.54) is 11.1 Å². The Kier molecular flexibility index (Phi) is 2.70. The average Bonchev–Trinajstić information content (AvgIpc) is 2.56. The van der Waals surface area contributed by atoms with Crippen LogP contribution in [0.1, 0.15) is 17.2 Å². The molecule has 1 aliphatic rings. The van der Waals surface area contributed by atoms with E-state index in [0.29, 0.717) is 0 Å². The molecule has 1 aromatic rings. The van der Waals surface area contributed by atoms with Gasteiger partial charge in [0.1, 0.15) is 0 Å². The summed E-state index contributed by atoms with van der Waals surface area (Å²) in [6.45, 7) is 0. The molecule has 2 rings (SSSR count). The minimum atomic E-state index is -0.760. The summed E-state index contributed by atoms with van der Waals surface area (Å²) >= 11 is 0. The number of rotatable bonds is 2. The van der Waals surface area contributed by atoms with E-state index in [0.717, 1.165) is 6.42 Å². The maximum atomic E-state index is 11.6. The Morgan fingerprint density at radius 2 is 2.14 bits per heavy atom. The van der Waals surface area contributed by atoms with Gasteiger partial charge in [0.15, 0.2) is 0 Å². The molecule has 0 heterocycles. The van der Waals surface area contributed by atoms with Crippen molar-refractivity contribution in [2.45, 2.75) is 17.7 Å². The van der Waals surface area contributed by atoms with E-state index in [9.17, 15) is 4.21 Å². The van der Waals surface area contributed by atoms with Gasteiger partial charge in [0.2, 0.25) is 0 Å². The maximum Gasteiger partial charge on any atom is 0.0580 e. The van der Waals surface area contributed by atoms with Crippen molar-refractivity contribution < 1.29 is 4.21 Å². The third-order valence-corrected chi connectivity index (χ3v) is 4.21. The number of fused-ring (bicyclic) bond motifs is 1. The summed E-state index contributed by atoms with van der Waals surface area (Å²) in [5.74, 6) is 0. The molecule has 3 unspecified atom stereocenters. The second-order valence-electron chi connectivity index (χ2n) is 3.71. The standard InChI is InChI=1S/C11H15NOS/c1-12-11-9-6-4-3-5-8(9)7-10(11)14(2)13/h3-6,10-12H,7H2,1-2H3. The molecule has 0 aromatic heterocycles. The van der Waals surface area contributed by atoms with Crippen LogP contribution in [0.4, 0.5) is 0 Å². The van der Waals surface area contributed by atoms with Crippen molar-refractivity contribution in [1.82, 2.24) is 5.32 Å². The van der Waals surface area contributed by atoms with Crippen molar-refractivity contribution in [2.24, 2.45) is 0 Å². The summed E-state index contributed by atoms with van der Waals surface area (Å²) in [5, 5.41) is 3.49. The van der Waals surface area contributed by atoms with Crippen LogP contribution in [0.5, 0.6) is 0 Å². The van der Waals surface area contributed by atoms with Crippen LogP contribution >= 0.6 is 0 Å². The first kappa shape index (κ1) is 9.87. The lowest BCUT2D eigenvalue weighted by molar-refractivity contribution is 0.583. The molecule has 1 aromatic carbocycles. The Bertz CT molecular complexity index is 364. The van der Waals surface area contributed by atoms with Crippen molar-refractivity contribution in [1.29, 1.82) is 0 Å². The van der Waals surface area contributed by atoms with Gasteiger partial charge in [-0.1, -0.05) is 24.3 Å². The summed E-state index contributed by atoms with van der Waals surface area (Å²) in [6, 6.07) is 8.61. The summed E-state index contributed by atoms with van der Waals surface area (Å²) in [4.78, 5) is 0. The summed E-state index contributed by atoms with van der Waals surface area (Å²) in [6.07, 6.45) is 2.73. The first-order valence-electron chi connectivity index (χ1n) is 4.81. The van der Waals surface area contributed by atoms with E-state index >= 15 is 0 Å². The molecule has 0 fully saturated rings. The van der Waals surface area contributed by atoms with Crippen LogP contribution in [-0.4, -0.2) is 22.8 Å². The first-order valence-corrected chi connectivity index (χ1v) is 6.43. The van der Waals surface area contributed by atoms with Crippen LogP contribution in [0, 0.1) is 0 Å². The molecule has 1 N–H and O–H groups in total.